The van der Waals surface area contributed by atoms with Gasteiger partial charge in [-0.2, -0.15) is 0 Å². The molecular weight excluding hydrogens is 769 g/mol. The summed E-state index contributed by atoms with van der Waals surface area (Å²) in [6.45, 7) is 6.34. The summed E-state index contributed by atoms with van der Waals surface area (Å²) in [5.74, 6) is -1.14. The molecule has 0 spiro atoms. The maximum atomic E-state index is 12.7. The van der Waals surface area contributed by atoms with Gasteiger partial charge in [-0.1, -0.05) is 208 Å². The summed E-state index contributed by atoms with van der Waals surface area (Å²) in [5, 5.41) is 0. The van der Waals surface area contributed by atoms with Crippen molar-refractivity contribution < 1.29 is 28.6 Å². The Hall–Kier alpha value is -3.67. The molecule has 0 heterocycles. The fourth-order valence-electron chi connectivity index (χ4n) is 6.57. The molecule has 0 N–H and O–H groups in total. The van der Waals surface area contributed by atoms with Crippen molar-refractivity contribution in [3.63, 3.8) is 0 Å². The molecule has 0 aromatic heterocycles. The minimum atomic E-state index is -0.845. The molecule has 0 fully saturated rings. The Bertz CT molecular complexity index is 1260. The fourth-order valence-corrected chi connectivity index (χ4v) is 6.57. The lowest BCUT2D eigenvalue weighted by atomic mass is 10.1. The van der Waals surface area contributed by atoms with Gasteiger partial charge in [-0.3, -0.25) is 14.4 Å². The summed E-state index contributed by atoms with van der Waals surface area (Å²) >= 11 is 0. The number of hydrogen-bond donors (Lipinski definition) is 0. The molecule has 1 unspecified atom stereocenters. The lowest BCUT2D eigenvalue weighted by Gasteiger charge is -2.18. The zero-order chi connectivity index (χ0) is 45.1. The van der Waals surface area contributed by atoms with Crippen molar-refractivity contribution in [1.29, 1.82) is 0 Å². The van der Waals surface area contributed by atoms with Crippen LogP contribution < -0.4 is 0 Å². The lowest BCUT2D eigenvalue weighted by Crippen LogP contribution is -2.30. The van der Waals surface area contributed by atoms with Crippen molar-refractivity contribution in [1.82, 2.24) is 0 Å². The third-order valence-corrected chi connectivity index (χ3v) is 10.4. The molecule has 0 rings (SSSR count). The standard InChI is InChI=1S/C56H92O6/c1-4-7-10-13-16-19-21-23-25-27-29-30-32-34-37-40-43-46-49-55(58)61-52-53(51-60-54(57)48-45-42-39-36-18-15-12-9-6-3)62-56(59)50-47-44-41-38-35-33-31-28-26-24-22-20-17-14-11-8-5-2/h9,12,18,24-27,29-31,33,36,38,41-42,45,53H,4-8,10-11,13-17,19-23,28,32,34-35,37,39-40,43-44,46-52H2,1-3H3/b12-9-,26-24-,27-25-,30-29-,33-31-,36-18-,41-38-,45-42-. The van der Waals surface area contributed by atoms with Crippen LogP contribution in [0.2, 0.25) is 0 Å². The first kappa shape index (κ1) is 58.3. The molecule has 1 atom stereocenters. The Morgan fingerprint density at radius 2 is 0.758 bits per heavy atom. The van der Waals surface area contributed by atoms with Gasteiger partial charge in [-0.25, -0.2) is 0 Å². The van der Waals surface area contributed by atoms with E-state index in [0.717, 1.165) is 77.0 Å². The molecule has 6 heteroatoms. The summed E-state index contributed by atoms with van der Waals surface area (Å²) in [7, 11) is 0. The van der Waals surface area contributed by atoms with E-state index in [2.05, 4.69) is 106 Å². The van der Waals surface area contributed by atoms with E-state index in [9.17, 15) is 14.4 Å². The van der Waals surface area contributed by atoms with Crippen molar-refractivity contribution in [2.24, 2.45) is 0 Å². The van der Waals surface area contributed by atoms with Crippen LogP contribution in [0, 0.1) is 0 Å². The number of allylic oxidation sites excluding steroid dienone is 15. The van der Waals surface area contributed by atoms with E-state index in [4.69, 9.17) is 14.2 Å². The molecule has 0 aliphatic heterocycles. The van der Waals surface area contributed by atoms with E-state index in [0.29, 0.717) is 12.8 Å². The largest absolute Gasteiger partial charge is 0.462 e. The average Bonchev–Trinajstić information content (AvgIpc) is 3.27. The molecule has 6 nitrogen and oxygen atoms in total. The monoisotopic (exact) mass is 861 g/mol. The molecule has 62 heavy (non-hydrogen) atoms. The van der Waals surface area contributed by atoms with Crippen LogP contribution in [0.25, 0.3) is 0 Å². The molecule has 0 aliphatic rings. The maximum Gasteiger partial charge on any atom is 0.309 e. The van der Waals surface area contributed by atoms with Crippen molar-refractivity contribution in [2.75, 3.05) is 13.2 Å². The molecule has 0 saturated carbocycles. The van der Waals surface area contributed by atoms with Gasteiger partial charge in [0.1, 0.15) is 13.2 Å². The zero-order valence-electron chi connectivity index (χ0n) is 40.1. The van der Waals surface area contributed by atoms with Crippen molar-refractivity contribution in [3.8, 4) is 0 Å². The molecule has 0 aromatic carbocycles. The number of carbonyl (C=O) groups is 3. The molecule has 0 bridgehead atoms. The van der Waals surface area contributed by atoms with Crippen molar-refractivity contribution >= 4 is 17.9 Å². The highest BCUT2D eigenvalue weighted by Gasteiger charge is 2.19. The van der Waals surface area contributed by atoms with Gasteiger partial charge < -0.3 is 14.2 Å². The zero-order valence-corrected chi connectivity index (χ0v) is 40.1. The summed E-state index contributed by atoms with van der Waals surface area (Å²) in [5.41, 5.74) is 0. The van der Waals surface area contributed by atoms with Crippen LogP contribution in [0.5, 0.6) is 0 Å². The second-order valence-corrected chi connectivity index (χ2v) is 16.4. The minimum absolute atomic E-state index is 0.119. The highest BCUT2D eigenvalue weighted by atomic mass is 16.6. The SMILES string of the molecule is CC/C=C\C/C=C\C/C=C\CC(=O)OCC(COC(=O)CCCCCCC/C=C\C=C/CCCCCCCCC)OC(=O)CCC/C=C\C/C=C\C/C=C\CCCCCCCC. The average molecular weight is 861 g/mol. The first-order valence-corrected chi connectivity index (χ1v) is 25.3. The number of hydrogen-bond acceptors (Lipinski definition) is 6. The molecule has 0 radical (unpaired) electrons. The van der Waals surface area contributed by atoms with E-state index in [1.807, 2.05) is 6.08 Å². The summed E-state index contributed by atoms with van der Waals surface area (Å²) in [6, 6.07) is 0. The van der Waals surface area contributed by atoms with E-state index in [1.54, 1.807) is 6.08 Å². The van der Waals surface area contributed by atoms with Gasteiger partial charge in [0.25, 0.3) is 0 Å². The van der Waals surface area contributed by atoms with Crippen LogP contribution in [0.4, 0.5) is 0 Å². The molecule has 0 aromatic rings. The van der Waals surface area contributed by atoms with Crippen LogP contribution in [-0.2, 0) is 28.6 Å². The van der Waals surface area contributed by atoms with Gasteiger partial charge in [0.05, 0.1) is 6.42 Å². The number of rotatable bonds is 44. The summed E-state index contributed by atoms with van der Waals surface area (Å²) in [4.78, 5) is 37.8. The first-order chi connectivity index (χ1) is 30.5. The molecule has 0 saturated heterocycles. The Morgan fingerprint density at radius 1 is 0.371 bits per heavy atom. The van der Waals surface area contributed by atoms with Gasteiger partial charge in [-0.05, 0) is 89.9 Å². The number of carbonyl (C=O) groups excluding carboxylic acids is 3. The van der Waals surface area contributed by atoms with E-state index in [1.165, 1.54) is 96.3 Å². The highest BCUT2D eigenvalue weighted by Crippen LogP contribution is 2.12. The Labute approximate surface area is 381 Å². The van der Waals surface area contributed by atoms with Crippen molar-refractivity contribution in [3.05, 3.63) is 97.2 Å². The highest BCUT2D eigenvalue weighted by molar-refractivity contribution is 5.72. The predicted molar refractivity (Wildman–Crippen MR) is 265 cm³/mol. The van der Waals surface area contributed by atoms with Gasteiger partial charge >= 0.3 is 17.9 Å². The van der Waals surface area contributed by atoms with Gasteiger partial charge in [0, 0.05) is 12.8 Å². The van der Waals surface area contributed by atoms with Crippen molar-refractivity contribution in [2.45, 2.75) is 226 Å². The lowest BCUT2D eigenvalue weighted by molar-refractivity contribution is -0.166. The van der Waals surface area contributed by atoms with Gasteiger partial charge in [-0.15, -0.1) is 0 Å². The minimum Gasteiger partial charge on any atom is -0.462 e. The normalized spacial score (nSPS) is 12.9. The second kappa shape index (κ2) is 50.0. The van der Waals surface area contributed by atoms with E-state index in [-0.39, 0.29) is 32.0 Å². The van der Waals surface area contributed by atoms with Crippen LogP contribution in [-0.4, -0.2) is 37.2 Å². The maximum absolute atomic E-state index is 12.7. The van der Waals surface area contributed by atoms with Gasteiger partial charge in [0.15, 0.2) is 6.10 Å². The summed E-state index contributed by atoms with van der Waals surface area (Å²) in [6.07, 6.45) is 65.8. The van der Waals surface area contributed by atoms with Gasteiger partial charge in [0.2, 0.25) is 0 Å². The van der Waals surface area contributed by atoms with Crippen LogP contribution in [0.1, 0.15) is 220 Å². The Balaban J connectivity index is 4.49. The molecule has 0 aliphatic carbocycles. The number of esters is 3. The Kier molecular flexibility index (Phi) is 47.0. The van der Waals surface area contributed by atoms with Crippen LogP contribution >= 0.6 is 0 Å². The Morgan fingerprint density at radius 3 is 1.27 bits per heavy atom. The number of unbranched alkanes of at least 4 members (excludes halogenated alkanes) is 19. The predicted octanol–water partition coefficient (Wildman–Crippen LogP) is 16.6. The second-order valence-electron chi connectivity index (χ2n) is 16.4. The van der Waals surface area contributed by atoms with E-state index < -0.39 is 18.0 Å². The smallest absolute Gasteiger partial charge is 0.309 e. The third kappa shape index (κ3) is 47.4. The quantitative estimate of drug-likeness (QED) is 0.0200. The third-order valence-electron chi connectivity index (χ3n) is 10.4. The summed E-state index contributed by atoms with van der Waals surface area (Å²) < 4.78 is 16.6. The fraction of sp³-hybridized carbons (Fsp3) is 0.661. The van der Waals surface area contributed by atoms with E-state index >= 15 is 0 Å². The number of ether oxygens (including phenoxy) is 3. The van der Waals surface area contributed by atoms with Crippen LogP contribution in [0.3, 0.4) is 0 Å². The topological polar surface area (TPSA) is 78.9 Å². The first-order valence-electron chi connectivity index (χ1n) is 25.3. The van der Waals surface area contributed by atoms with Crippen LogP contribution in [0.15, 0.2) is 97.2 Å². The molecule has 0 amide bonds. The molecule has 352 valence electrons. The molecular formula is C56H92O6.